The molecule has 1 aliphatic rings. The van der Waals surface area contributed by atoms with Crippen molar-refractivity contribution in [3.8, 4) is 11.5 Å². The number of azide groups is 1. The van der Waals surface area contributed by atoms with Crippen LogP contribution >= 0.6 is 0 Å². The third-order valence-electron chi connectivity index (χ3n) is 3.51. The molecule has 1 unspecified atom stereocenters. The van der Waals surface area contributed by atoms with Gasteiger partial charge in [0.05, 0.1) is 31.4 Å². The predicted molar refractivity (Wildman–Crippen MR) is 79.5 cm³/mol. The van der Waals surface area contributed by atoms with Crippen molar-refractivity contribution in [1.82, 2.24) is 0 Å². The number of carbonyl (C=O) groups excluding carboxylic acids is 2. The minimum atomic E-state index is -0.520. The third-order valence-corrected chi connectivity index (χ3v) is 3.51. The molecule has 1 aliphatic carbocycles. The quantitative estimate of drug-likeness (QED) is 0.472. The third kappa shape index (κ3) is 2.42. The number of hydrogen-bond donors (Lipinski definition) is 0. The van der Waals surface area contributed by atoms with Crippen LogP contribution in [0.5, 0.6) is 11.5 Å². The Labute approximate surface area is 127 Å². The van der Waals surface area contributed by atoms with Crippen molar-refractivity contribution in [3.63, 3.8) is 0 Å². The van der Waals surface area contributed by atoms with Gasteiger partial charge in [-0.15, -0.1) is 0 Å². The largest absolute Gasteiger partial charge is 0.496 e. The Morgan fingerprint density at radius 3 is 2.32 bits per heavy atom. The lowest BCUT2D eigenvalue weighted by Gasteiger charge is -2.22. The van der Waals surface area contributed by atoms with Crippen LogP contribution in [0.3, 0.4) is 0 Å². The van der Waals surface area contributed by atoms with E-state index in [9.17, 15) is 9.59 Å². The second-order valence-electron chi connectivity index (χ2n) is 4.64. The Bertz CT molecular complexity index is 718. The molecule has 0 aliphatic heterocycles. The molecule has 7 nitrogen and oxygen atoms in total. The Hall–Kier alpha value is -2.79. The maximum atomic E-state index is 12.2. The summed E-state index contributed by atoms with van der Waals surface area (Å²) in [5, 5.41) is 3.72. The number of hydrogen-bond acceptors (Lipinski definition) is 5. The number of nitrogens with zero attached hydrogens (tertiary/aromatic N) is 3. The zero-order valence-electron chi connectivity index (χ0n) is 12.5. The molecule has 1 atom stereocenters. The Morgan fingerprint density at radius 2 is 1.82 bits per heavy atom. The van der Waals surface area contributed by atoms with Gasteiger partial charge in [0.15, 0.2) is 11.6 Å². The van der Waals surface area contributed by atoms with Gasteiger partial charge in [-0.3, -0.25) is 9.59 Å². The highest BCUT2D eigenvalue weighted by Crippen LogP contribution is 2.41. The second kappa shape index (κ2) is 6.32. The van der Waals surface area contributed by atoms with Crippen LogP contribution < -0.4 is 9.47 Å². The number of benzene rings is 1. The van der Waals surface area contributed by atoms with Gasteiger partial charge in [-0.2, -0.15) is 0 Å². The predicted octanol–water partition coefficient (Wildman–Crippen LogP) is 3.40. The van der Waals surface area contributed by atoms with Crippen molar-refractivity contribution in [2.45, 2.75) is 19.4 Å². The number of ketones is 2. The summed E-state index contributed by atoms with van der Waals surface area (Å²) in [7, 11) is 2.82. The summed E-state index contributed by atoms with van der Waals surface area (Å²) in [5.74, 6) is -0.159. The minimum absolute atomic E-state index is 0.149. The molecule has 114 valence electrons. The molecule has 0 radical (unpaired) electrons. The van der Waals surface area contributed by atoms with E-state index in [1.54, 1.807) is 6.07 Å². The molecule has 0 fully saturated rings. The Morgan fingerprint density at radius 1 is 1.18 bits per heavy atom. The van der Waals surface area contributed by atoms with E-state index >= 15 is 0 Å². The molecule has 0 bridgehead atoms. The van der Waals surface area contributed by atoms with E-state index in [0.717, 1.165) is 0 Å². The fraction of sp³-hybridized carbons (Fsp3) is 0.333. The lowest BCUT2D eigenvalue weighted by atomic mass is 9.88. The van der Waals surface area contributed by atoms with Crippen molar-refractivity contribution in [1.29, 1.82) is 0 Å². The minimum Gasteiger partial charge on any atom is -0.496 e. The maximum absolute atomic E-state index is 12.2. The van der Waals surface area contributed by atoms with Gasteiger partial charge in [-0.25, -0.2) is 0 Å². The number of carbonyl (C=O) groups is 2. The molecule has 0 spiro atoms. The van der Waals surface area contributed by atoms with Crippen molar-refractivity contribution < 1.29 is 19.1 Å². The molecule has 7 heteroatoms. The maximum Gasteiger partial charge on any atom is 0.190 e. The van der Waals surface area contributed by atoms with Crippen LogP contribution in [0.2, 0.25) is 0 Å². The summed E-state index contributed by atoms with van der Waals surface area (Å²) in [5.41, 5.74) is 9.55. The van der Waals surface area contributed by atoms with Gasteiger partial charge in [0.25, 0.3) is 0 Å². The highest BCUT2D eigenvalue weighted by atomic mass is 16.5. The summed E-state index contributed by atoms with van der Waals surface area (Å²) >= 11 is 0. The van der Waals surface area contributed by atoms with Crippen LogP contribution in [0.1, 0.15) is 45.7 Å². The van der Waals surface area contributed by atoms with Crippen molar-refractivity contribution >= 4 is 11.6 Å². The summed E-state index contributed by atoms with van der Waals surface area (Å²) in [6.45, 7) is 1.84. The number of ether oxygens (including phenoxy) is 2. The molecule has 0 aromatic heterocycles. The first-order chi connectivity index (χ1) is 10.6. The van der Waals surface area contributed by atoms with Gasteiger partial charge in [-0.05, 0) is 30.2 Å². The first-order valence-electron chi connectivity index (χ1n) is 6.68. The van der Waals surface area contributed by atoms with Crippen LogP contribution in [-0.4, -0.2) is 25.8 Å². The molecule has 0 saturated heterocycles. The molecular weight excluding hydrogens is 286 g/mol. The average Bonchev–Trinajstić information content (AvgIpc) is 2.54. The van der Waals surface area contributed by atoms with E-state index in [4.69, 9.17) is 15.0 Å². The molecule has 0 heterocycles. The SMILES string of the molecule is CCC(N=[N+]=[N-])c1cc(OC)c2c(c1OC)C(=O)C=CC2=O. The van der Waals surface area contributed by atoms with Crippen LogP contribution in [-0.2, 0) is 0 Å². The summed E-state index contributed by atoms with van der Waals surface area (Å²) in [6, 6.07) is 1.07. The first kappa shape index (κ1) is 15.6. The highest BCUT2D eigenvalue weighted by molar-refractivity contribution is 6.24. The highest BCUT2D eigenvalue weighted by Gasteiger charge is 2.31. The summed E-state index contributed by atoms with van der Waals surface area (Å²) in [6.07, 6.45) is 2.92. The van der Waals surface area contributed by atoms with Crippen molar-refractivity contribution in [3.05, 3.63) is 45.4 Å². The molecule has 2 rings (SSSR count). The molecular formula is C15H15N3O4. The van der Waals surface area contributed by atoms with Crippen LogP contribution in [0, 0.1) is 0 Å². The second-order valence-corrected chi connectivity index (χ2v) is 4.64. The lowest BCUT2D eigenvalue weighted by Crippen LogP contribution is -2.16. The van der Waals surface area contributed by atoms with Gasteiger partial charge in [0.2, 0.25) is 0 Å². The van der Waals surface area contributed by atoms with E-state index in [0.29, 0.717) is 12.0 Å². The molecule has 0 amide bonds. The number of methoxy groups -OCH3 is 2. The van der Waals surface area contributed by atoms with E-state index in [1.165, 1.54) is 26.4 Å². The van der Waals surface area contributed by atoms with Gasteiger partial charge < -0.3 is 9.47 Å². The fourth-order valence-electron chi connectivity index (χ4n) is 2.51. The number of fused-ring (bicyclic) bond motifs is 1. The standard InChI is InChI=1S/C15H15N3O4/c1-4-9(17-18-16)8-7-12(21-2)13-10(19)5-6-11(20)14(13)15(8)22-3/h5-7,9H,4H2,1-3H3. The van der Waals surface area contributed by atoms with Gasteiger partial charge in [-0.1, -0.05) is 12.0 Å². The van der Waals surface area contributed by atoms with E-state index in [2.05, 4.69) is 10.0 Å². The van der Waals surface area contributed by atoms with Crippen molar-refractivity contribution in [2.75, 3.05) is 14.2 Å². The van der Waals surface area contributed by atoms with Crippen LogP contribution in [0.4, 0.5) is 0 Å². The van der Waals surface area contributed by atoms with Crippen LogP contribution in [0.15, 0.2) is 23.3 Å². The molecule has 1 aromatic rings. The summed E-state index contributed by atoms with van der Waals surface area (Å²) in [4.78, 5) is 27.1. The van der Waals surface area contributed by atoms with Crippen molar-refractivity contribution in [2.24, 2.45) is 5.11 Å². The Kier molecular flexibility index (Phi) is 4.48. The van der Waals surface area contributed by atoms with Gasteiger partial charge >= 0.3 is 0 Å². The van der Waals surface area contributed by atoms with Gasteiger partial charge in [0, 0.05) is 10.5 Å². The normalized spacial score (nSPS) is 14.1. The van der Waals surface area contributed by atoms with E-state index < -0.39 is 6.04 Å². The zero-order chi connectivity index (χ0) is 16.3. The smallest absolute Gasteiger partial charge is 0.190 e. The number of rotatable bonds is 5. The summed E-state index contributed by atoms with van der Waals surface area (Å²) < 4.78 is 10.6. The van der Waals surface area contributed by atoms with Crippen LogP contribution in [0.25, 0.3) is 10.4 Å². The van der Waals surface area contributed by atoms with Gasteiger partial charge in [0.1, 0.15) is 11.5 Å². The molecule has 1 aromatic carbocycles. The molecule has 22 heavy (non-hydrogen) atoms. The van der Waals surface area contributed by atoms with E-state index in [-0.39, 0.29) is 34.2 Å². The molecule has 0 saturated carbocycles. The van der Waals surface area contributed by atoms with E-state index in [1.807, 2.05) is 6.92 Å². The first-order valence-corrected chi connectivity index (χ1v) is 6.68. The topological polar surface area (TPSA) is 101 Å². The monoisotopic (exact) mass is 301 g/mol. The molecule has 0 N–H and O–H groups in total. The zero-order valence-corrected chi connectivity index (χ0v) is 12.5. The fourth-order valence-corrected chi connectivity index (χ4v) is 2.51. The Balaban J connectivity index is 2.84. The average molecular weight is 301 g/mol. The number of allylic oxidation sites excluding steroid dienone is 2. The lowest BCUT2D eigenvalue weighted by molar-refractivity contribution is 0.0988.